The lowest BCUT2D eigenvalue weighted by Gasteiger charge is -2.15. The van der Waals surface area contributed by atoms with Gasteiger partial charge in [0.25, 0.3) is 0 Å². The van der Waals surface area contributed by atoms with Crippen LogP contribution in [0.1, 0.15) is 43.2 Å². The SMILES string of the molecule is CN=C(NCCNC(=O)CC1CCCC1)NCc1cc(F)ccc1CS(C)(=O)=O.I. The van der Waals surface area contributed by atoms with E-state index in [-0.39, 0.29) is 42.2 Å². The number of hydrogen-bond acceptors (Lipinski definition) is 4. The topological polar surface area (TPSA) is 99.7 Å². The number of rotatable bonds is 9. The third-order valence-electron chi connectivity index (χ3n) is 4.94. The maximum atomic E-state index is 13.6. The van der Waals surface area contributed by atoms with E-state index < -0.39 is 15.7 Å². The van der Waals surface area contributed by atoms with Crippen LogP contribution >= 0.6 is 24.0 Å². The van der Waals surface area contributed by atoms with Gasteiger partial charge in [-0.3, -0.25) is 9.79 Å². The molecule has 10 heteroatoms. The fourth-order valence-electron chi connectivity index (χ4n) is 3.51. The summed E-state index contributed by atoms with van der Waals surface area (Å²) in [6.45, 7) is 1.21. The zero-order valence-corrected chi connectivity index (χ0v) is 20.7. The van der Waals surface area contributed by atoms with E-state index in [9.17, 15) is 17.6 Å². The van der Waals surface area contributed by atoms with Gasteiger partial charge in [0.2, 0.25) is 5.91 Å². The Morgan fingerprint density at radius 1 is 1.13 bits per heavy atom. The van der Waals surface area contributed by atoms with Gasteiger partial charge in [-0.25, -0.2) is 12.8 Å². The van der Waals surface area contributed by atoms with Crippen LogP contribution < -0.4 is 16.0 Å². The molecule has 0 unspecified atom stereocenters. The molecule has 0 saturated heterocycles. The number of sulfone groups is 1. The van der Waals surface area contributed by atoms with Crippen LogP contribution in [0.25, 0.3) is 0 Å². The molecule has 0 radical (unpaired) electrons. The highest BCUT2D eigenvalue weighted by Crippen LogP contribution is 2.27. The summed E-state index contributed by atoms with van der Waals surface area (Å²) in [5.74, 6) is 0.511. The summed E-state index contributed by atoms with van der Waals surface area (Å²) < 4.78 is 36.8. The van der Waals surface area contributed by atoms with Crippen LogP contribution in [-0.2, 0) is 26.9 Å². The quantitative estimate of drug-likeness (QED) is 0.189. The second-order valence-corrected chi connectivity index (χ2v) is 9.68. The van der Waals surface area contributed by atoms with Gasteiger partial charge in [-0.2, -0.15) is 0 Å². The lowest BCUT2D eigenvalue weighted by molar-refractivity contribution is -0.121. The number of halogens is 2. The maximum absolute atomic E-state index is 13.6. The molecule has 0 aromatic heterocycles. The van der Waals surface area contributed by atoms with Crippen molar-refractivity contribution in [2.24, 2.45) is 10.9 Å². The Bertz CT molecular complexity index is 827. The average Bonchev–Trinajstić information content (AvgIpc) is 3.15. The number of aliphatic imine (C=N–C) groups is 1. The van der Waals surface area contributed by atoms with E-state index in [1.807, 2.05) is 0 Å². The molecule has 1 aliphatic carbocycles. The van der Waals surface area contributed by atoms with Gasteiger partial charge < -0.3 is 16.0 Å². The number of hydrogen-bond donors (Lipinski definition) is 3. The van der Waals surface area contributed by atoms with Crippen LogP contribution in [0.5, 0.6) is 0 Å². The van der Waals surface area contributed by atoms with Crippen LogP contribution in [0.4, 0.5) is 4.39 Å². The van der Waals surface area contributed by atoms with Gasteiger partial charge in [0.15, 0.2) is 15.8 Å². The molecule has 1 aromatic carbocycles. The Labute approximate surface area is 195 Å². The monoisotopic (exact) mass is 554 g/mol. The molecule has 0 atom stereocenters. The molecule has 30 heavy (non-hydrogen) atoms. The molecule has 170 valence electrons. The normalized spacial score (nSPS) is 14.8. The Morgan fingerprint density at radius 2 is 1.80 bits per heavy atom. The van der Waals surface area contributed by atoms with Gasteiger partial charge >= 0.3 is 0 Å². The van der Waals surface area contributed by atoms with Crippen molar-refractivity contribution < 1.29 is 17.6 Å². The van der Waals surface area contributed by atoms with Gasteiger partial charge in [0, 0.05) is 39.4 Å². The zero-order chi connectivity index (χ0) is 21.3. The first-order valence-electron chi connectivity index (χ1n) is 9.93. The van der Waals surface area contributed by atoms with Gasteiger partial charge in [-0.15, -0.1) is 24.0 Å². The number of guanidine groups is 1. The molecule has 0 bridgehead atoms. The molecule has 1 saturated carbocycles. The highest BCUT2D eigenvalue weighted by molar-refractivity contribution is 14.0. The Morgan fingerprint density at radius 3 is 2.43 bits per heavy atom. The minimum absolute atomic E-state index is 0. The van der Waals surface area contributed by atoms with E-state index in [2.05, 4.69) is 20.9 Å². The lowest BCUT2D eigenvalue weighted by Crippen LogP contribution is -2.41. The van der Waals surface area contributed by atoms with Crippen LogP contribution in [0.2, 0.25) is 0 Å². The number of nitrogens with zero attached hydrogens (tertiary/aromatic N) is 1. The molecule has 1 fully saturated rings. The molecular weight excluding hydrogens is 522 g/mol. The van der Waals surface area contributed by atoms with Crippen LogP contribution in [-0.4, -0.2) is 46.7 Å². The molecular formula is C20H32FIN4O3S. The highest BCUT2D eigenvalue weighted by atomic mass is 127. The van der Waals surface area contributed by atoms with Gasteiger partial charge in [-0.1, -0.05) is 18.9 Å². The summed E-state index contributed by atoms with van der Waals surface area (Å²) in [7, 11) is -1.62. The molecule has 7 nitrogen and oxygen atoms in total. The number of carbonyl (C=O) groups excluding carboxylic acids is 1. The minimum Gasteiger partial charge on any atom is -0.355 e. The highest BCUT2D eigenvalue weighted by Gasteiger charge is 2.18. The summed E-state index contributed by atoms with van der Waals surface area (Å²) >= 11 is 0. The van der Waals surface area contributed by atoms with E-state index in [0.717, 1.165) is 19.1 Å². The Hall–Kier alpha value is -1.43. The van der Waals surface area contributed by atoms with Crippen molar-refractivity contribution in [2.45, 2.75) is 44.4 Å². The average molecular weight is 554 g/mol. The van der Waals surface area contributed by atoms with Crippen molar-refractivity contribution in [3.05, 3.63) is 35.1 Å². The molecule has 0 heterocycles. The second kappa shape index (κ2) is 13.1. The Kier molecular flexibility index (Phi) is 11.6. The van der Waals surface area contributed by atoms with Crippen LogP contribution in [0, 0.1) is 11.7 Å². The van der Waals surface area contributed by atoms with E-state index in [1.54, 1.807) is 7.05 Å². The first-order chi connectivity index (χ1) is 13.8. The number of amides is 1. The molecule has 0 spiro atoms. The second-order valence-electron chi connectivity index (χ2n) is 7.54. The predicted molar refractivity (Wildman–Crippen MR) is 128 cm³/mol. The van der Waals surface area contributed by atoms with Crippen molar-refractivity contribution in [3.63, 3.8) is 0 Å². The van der Waals surface area contributed by atoms with E-state index in [0.29, 0.717) is 42.5 Å². The van der Waals surface area contributed by atoms with Crippen molar-refractivity contribution in [1.82, 2.24) is 16.0 Å². The first kappa shape index (κ1) is 26.6. The number of nitrogens with one attached hydrogen (secondary N) is 3. The summed E-state index contributed by atoms with van der Waals surface area (Å²) in [6, 6.07) is 4.07. The van der Waals surface area contributed by atoms with Gasteiger partial charge in [0.05, 0.1) is 5.75 Å². The van der Waals surface area contributed by atoms with E-state index in [1.165, 1.54) is 31.0 Å². The van der Waals surface area contributed by atoms with Gasteiger partial charge in [0.1, 0.15) is 5.82 Å². The van der Waals surface area contributed by atoms with Crippen molar-refractivity contribution in [1.29, 1.82) is 0 Å². The predicted octanol–water partition coefficient (Wildman–Crippen LogP) is 2.35. The molecule has 0 aliphatic heterocycles. The third-order valence-corrected chi connectivity index (χ3v) is 5.78. The third kappa shape index (κ3) is 10.1. The summed E-state index contributed by atoms with van der Waals surface area (Å²) in [4.78, 5) is 16.0. The smallest absolute Gasteiger partial charge is 0.220 e. The molecule has 1 aliphatic rings. The number of carbonyl (C=O) groups is 1. The molecule has 1 aromatic rings. The molecule has 2 rings (SSSR count). The fraction of sp³-hybridized carbons (Fsp3) is 0.600. The zero-order valence-electron chi connectivity index (χ0n) is 17.5. The standard InChI is InChI=1S/C20H31FN4O3S.HI/c1-22-20(24-10-9-23-19(26)11-15-5-3-4-6-15)25-13-17-12-18(21)8-7-16(17)14-29(2,27)28;/h7-8,12,15H,3-6,9-11,13-14H2,1-2H3,(H,23,26)(H2,22,24,25);1H. The largest absolute Gasteiger partial charge is 0.355 e. The maximum Gasteiger partial charge on any atom is 0.220 e. The summed E-state index contributed by atoms with van der Waals surface area (Å²) in [6.07, 6.45) is 6.47. The summed E-state index contributed by atoms with van der Waals surface area (Å²) in [5, 5.41) is 9.04. The first-order valence-corrected chi connectivity index (χ1v) is 12.0. The van der Waals surface area contributed by atoms with E-state index in [4.69, 9.17) is 0 Å². The number of benzene rings is 1. The summed E-state index contributed by atoms with van der Waals surface area (Å²) in [5.41, 5.74) is 1.11. The van der Waals surface area contributed by atoms with Crippen LogP contribution in [0.15, 0.2) is 23.2 Å². The van der Waals surface area contributed by atoms with Crippen molar-refractivity contribution >= 4 is 45.7 Å². The van der Waals surface area contributed by atoms with Gasteiger partial charge in [-0.05, 0) is 42.0 Å². The minimum atomic E-state index is -3.23. The Balaban J connectivity index is 0.00000450. The molecule has 1 amide bonds. The van der Waals surface area contributed by atoms with Crippen LogP contribution in [0.3, 0.4) is 0 Å². The van der Waals surface area contributed by atoms with Crippen molar-refractivity contribution in [3.8, 4) is 0 Å². The van der Waals surface area contributed by atoms with Crippen molar-refractivity contribution in [2.75, 3.05) is 26.4 Å². The fourth-order valence-corrected chi connectivity index (χ4v) is 4.36. The lowest BCUT2D eigenvalue weighted by atomic mass is 10.0. The van der Waals surface area contributed by atoms with E-state index >= 15 is 0 Å². The molecule has 3 N–H and O–H groups in total.